The van der Waals surface area contributed by atoms with Crippen LogP contribution in [0, 0.1) is 0 Å². The number of carbonyl (C=O) groups excluding carboxylic acids is 1. The third kappa shape index (κ3) is 6.34. The van der Waals surface area contributed by atoms with E-state index in [0.717, 1.165) is 56.1 Å². The maximum absolute atomic E-state index is 12.1. The first-order valence-electron chi connectivity index (χ1n) is 9.57. The van der Waals surface area contributed by atoms with Crippen LogP contribution in [0.1, 0.15) is 24.8 Å². The van der Waals surface area contributed by atoms with Crippen LogP contribution in [0.5, 0.6) is 0 Å². The molecular formula is C18H28N6O4. The van der Waals surface area contributed by atoms with E-state index in [1.807, 2.05) is 24.3 Å². The number of rotatable bonds is 9. The maximum atomic E-state index is 12.1. The molecule has 6 N–H and O–H groups in total. The van der Waals surface area contributed by atoms with Gasteiger partial charge in [0.25, 0.3) is 0 Å². The summed E-state index contributed by atoms with van der Waals surface area (Å²) in [7, 11) is 0. The van der Waals surface area contributed by atoms with E-state index in [0.29, 0.717) is 6.42 Å². The van der Waals surface area contributed by atoms with E-state index < -0.39 is 6.23 Å². The molecule has 1 amide bonds. The molecule has 1 saturated heterocycles. The fourth-order valence-corrected chi connectivity index (χ4v) is 3.08. The van der Waals surface area contributed by atoms with Crippen molar-refractivity contribution in [2.45, 2.75) is 38.0 Å². The fraction of sp³-hybridized carbons (Fsp3) is 0.556. The maximum Gasteiger partial charge on any atom is 0.239 e. The number of guanidine groups is 1. The van der Waals surface area contributed by atoms with Gasteiger partial charge in [0.15, 0.2) is 12.2 Å². The van der Waals surface area contributed by atoms with Gasteiger partial charge in [-0.2, -0.15) is 0 Å². The fourth-order valence-electron chi connectivity index (χ4n) is 3.08. The van der Waals surface area contributed by atoms with Crippen molar-refractivity contribution in [3.8, 4) is 0 Å². The largest absolute Gasteiger partial charge is 0.356 e. The summed E-state index contributed by atoms with van der Waals surface area (Å²) in [5.41, 5.74) is 4.53. The van der Waals surface area contributed by atoms with Gasteiger partial charge in [0.05, 0.1) is 11.7 Å². The SMILES string of the molecule is O=C(NC(Cc1ccc(NOCNC2=NCCCN2)cc1)OO)C1CCCN1. The van der Waals surface area contributed by atoms with E-state index in [-0.39, 0.29) is 18.7 Å². The molecule has 0 aromatic heterocycles. The Bertz CT molecular complexity index is 648. The van der Waals surface area contributed by atoms with Crippen molar-refractivity contribution < 1.29 is 19.8 Å². The van der Waals surface area contributed by atoms with Gasteiger partial charge in [-0.05, 0) is 43.5 Å². The van der Waals surface area contributed by atoms with Crippen LogP contribution < -0.4 is 26.7 Å². The van der Waals surface area contributed by atoms with Crippen molar-refractivity contribution >= 4 is 17.6 Å². The summed E-state index contributed by atoms with van der Waals surface area (Å²) in [5, 5.41) is 21.1. The minimum Gasteiger partial charge on any atom is -0.356 e. The second-order valence-electron chi connectivity index (χ2n) is 6.73. The highest BCUT2D eigenvalue weighted by Gasteiger charge is 2.24. The molecule has 2 unspecified atom stereocenters. The highest BCUT2D eigenvalue weighted by atomic mass is 17.1. The van der Waals surface area contributed by atoms with Crippen LogP contribution >= 0.6 is 0 Å². The third-order valence-electron chi connectivity index (χ3n) is 4.58. The topological polar surface area (TPSA) is 128 Å². The zero-order chi connectivity index (χ0) is 19.6. The van der Waals surface area contributed by atoms with E-state index in [2.05, 4.69) is 36.6 Å². The molecule has 0 aliphatic carbocycles. The first-order chi connectivity index (χ1) is 13.7. The Morgan fingerprint density at radius 2 is 2.14 bits per heavy atom. The Morgan fingerprint density at radius 1 is 1.29 bits per heavy atom. The molecule has 2 aliphatic heterocycles. The molecule has 0 spiro atoms. The first-order valence-corrected chi connectivity index (χ1v) is 9.57. The van der Waals surface area contributed by atoms with Gasteiger partial charge < -0.3 is 21.3 Å². The number of aliphatic imine (C=N–C) groups is 1. The van der Waals surface area contributed by atoms with Gasteiger partial charge in [-0.3, -0.25) is 20.1 Å². The number of nitrogens with one attached hydrogen (secondary N) is 5. The average Bonchev–Trinajstić information content (AvgIpc) is 3.28. The van der Waals surface area contributed by atoms with Crippen molar-refractivity contribution in [2.75, 3.05) is 31.8 Å². The molecule has 0 bridgehead atoms. The summed E-state index contributed by atoms with van der Waals surface area (Å²) in [6, 6.07) is 7.22. The molecule has 2 atom stereocenters. The summed E-state index contributed by atoms with van der Waals surface area (Å²) in [6.45, 7) is 2.84. The Balaban J connectivity index is 1.38. The summed E-state index contributed by atoms with van der Waals surface area (Å²) >= 11 is 0. The minimum atomic E-state index is -0.794. The Labute approximate surface area is 164 Å². The van der Waals surface area contributed by atoms with Crippen LogP contribution in [0.15, 0.2) is 29.3 Å². The van der Waals surface area contributed by atoms with Gasteiger partial charge in [0.1, 0.15) is 6.73 Å². The van der Waals surface area contributed by atoms with Gasteiger partial charge in [0, 0.05) is 19.5 Å². The number of amides is 1. The molecular weight excluding hydrogens is 364 g/mol. The lowest BCUT2D eigenvalue weighted by Crippen LogP contribution is -2.46. The van der Waals surface area contributed by atoms with Gasteiger partial charge in [-0.15, -0.1) is 0 Å². The van der Waals surface area contributed by atoms with E-state index >= 15 is 0 Å². The monoisotopic (exact) mass is 392 g/mol. The van der Waals surface area contributed by atoms with Gasteiger partial charge in [-0.1, -0.05) is 12.1 Å². The lowest BCUT2D eigenvalue weighted by molar-refractivity contribution is -0.284. The van der Waals surface area contributed by atoms with Crippen LogP contribution in [0.4, 0.5) is 5.69 Å². The lowest BCUT2D eigenvalue weighted by atomic mass is 10.1. The van der Waals surface area contributed by atoms with E-state index in [9.17, 15) is 4.79 Å². The number of nitrogens with zero attached hydrogens (tertiary/aromatic N) is 1. The molecule has 1 fully saturated rings. The zero-order valence-electron chi connectivity index (χ0n) is 15.7. The predicted octanol–water partition coefficient (Wildman–Crippen LogP) is 0.153. The summed E-state index contributed by atoms with van der Waals surface area (Å²) in [5.74, 6) is 0.584. The Morgan fingerprint density at radius 3 is 2.82 bits per heavy atom. The number of anilines is 1. The molecule has 28 heavy (non-hydrogen) atoms. The van der Waals surface area contributed by atoms with Crippen LogP contribution in [0.3, 0.4) is 0 Å². The molecule has 2 heterocycles. The molecule has 0 saturated carbocycles. The van der Waals surface area contributed by atoms with E-state index in [4.69, 9.17) is 10.1 Å². The molecule has 1 aromatic carbocycles. The number of benzene rings is 1. The average molecular weight is 392 g/mol. The van der Waals surface area contributed by atoms with E-state index in [1.165, 1.54) is 0 Å². The van der Waals surface area contributed by atoms with E-state index in [1.54, 1.807) is 0 Å². The highest BCUT2D eigenvalue weighted by molar-refractivity contribution is 5.82. The molecule has 10 heteroatoms. The molecule has 10 nitrogen and oxygen atoms in total. The minimum absolute atomic E-state index is 0.159. The number of hydrogen-bond donors (Lipinski definition) is 6. The second kappa shape index (κ2) is 10.8. The van der Waals surface area contributed by atoms with Gasteiger partial charge >= 0.3 is 0 Å². The predicted molar refractivity (Wildman–Crippen MR) is 104 cm³/mol. The van der Waals surface area contributed by atoms with Crippen molar-refractivity contribution in [2.24, 2.45) is 4.99 Å². The van der Waals surface area contributed by atoms with Crippen molar-refractivity contribution in [3.63, 3.8) is 0 Å². The standard InChI is InChI=1S/C18H28N6O4/c25-17(15-3-1-8-19-15)23-16(28-26)11-13-4-6-14(7-5-13)24-27-12-22-18-20-9-2-10-21-18/h4-7,15-16,19,24,26H,1-3,8-12H2,(H,23,25)(H2,20,21,22). The van der Waals surface area contributed by atoms with Crippen LogP contribution in [-0.4, -0.2) is 55.8 Å². The van der Waals surface area contributed by atoms with Gasteiger partial charge in [-0.25, -0.2) is 10.1 Å². The Kier molecular flexibility index (Phi) is 7.85. The van der Waals surface area contributed by atoms with Crippen LogP contribution in [0.25, 0.3) is 0 Å². The summed E-state index contributed by atoms with van der Waals surface area (Å²) < 4.78 is 0. The van der Waals surface area contributed by atoms with Crippen LogP contribution in [0.2, 0.25) is 0 Å². The molecule has 1 aromatic rings. The van der Waals surface area contributed by atoms with Crippen LogP contribution in [-0.2, 0) is 20.9 Å². The molecule has 0 radical (unpaired) electrons. The van der Waals surface area contributed by atoms with Crippen molar-refractivity contribution in [3.05, 3.63) is 29.8 Å². The second-order valence-corrected chi connectivity index (χ2v) is 6.73. The van der Waals surface area contributed by atoms with Crippen molar-refractivity contribution in [1.29, 1.82) is 0 Å². The zero-order valence-corrected chi connectivity index (χ0v) is 15.7. The molecule has 154 valence electrons. The molecule has 3 rings (SSSR count). The summed E-state index contributed by atoms with van der Waals surface area (Å²) in [4.78, 5) is 26.2. The molecule has 2 aliphatic rings. The van der Waals surface area contributed by atoms with Gasteiger partial charge in [0.2, 0.25) is 5.91 Å². The Hall–Kier alpha value is -2.40. The third-order valence-corrected chi connectivity index (χ3v) is 4.58. The highest BCUT2D eigenvalue weighted by Crippen LogP contribution is 2.12. The number of hydrogen-bond acceptors (Lipinski definition) is 9. The smallest absolute Gasteiger partial charge is 0.239 e. The quantitative estimate of drug-likeness (QED) is 0.152. The lowest BCUT2D eigenvalue weighted by Gasteiger charge is -2.18. The number of carbonyl (C=O) groups is 1. The first kappa shape index (κ1) is 20.3. The van der Waals surface area contributed by atoms with Crippen molar-refractivity contribution in [1.82, 2.24) is 21.3 Å². The summed E-state index contributed by atoms with van der Waals surface area (Å²) in [6.07, 6.45) is 2.36. The normalized spacial score (nSPS) is 20.0.